The van der Waals surface area contributed by atoms with Crippen LogP contribution in [0.3, 0.4) is 0 Å². The van der Waals surface area contributed by atoms with E-state index in [0.717, 1.165) is 5.56 Å². The number of nitrogens with two attached hydrogens (primary N) is 1. The first-order chi connectivity index (χ1) is 6.56. The first-order valence-corrected chi connectivity index (χ1v) is 5.26. The van der Waals surface area contributed by atoms with Crippen LogP contribution in [0.1, 0.15) is 25.5 Å². The summed E-state index contributed by atoms with van der Waals surface area (Å²) in [4.78, 5) is 0. The van der Waals surface area contributed by atoms with Gasteiger partial charge in [-0.2, -0.15) is 0 Å². The van der Waals surface area contributed by atoms with Crippen molar-refractivity contribution in [3.05, 3.63) is 22.2 Å². The molecule has 3 N–H and O–H groups in total. The largest absolute Gasteiger partial charge is 0.503 e. The maximum Gasteiger partial charge on any atom is 0.172 e. The molecule has 0 fully saturated rings. The molecule has 3 nitrogen and oxygen atoms in total. The molecule has 0 bridgehead atoms. The second kappa shape index (κ2) is 4.66. The van der Waals surface area contributed by atoms with Gasteiger partial charge in [-0.1, -0.05) is 0 Å². The molecule has 1 rings (SSSR count). The van der Waals surface area contributed by atoms with Crippen LogP contribution in [-0.4, -0.2) is 11.7 Å². The lowest BCUT2D eigenvalue weighted by Gasteiger charge is -2.12. The van der Waals surface area contributed by atoms with Gasteiger partial charge in [0, 0.05) is 6.04 Å². The second-order valence-electron chi connectivity index (χ2n) is 3.07. The number of benzene rings is 1. The summed E-state index contributed by atoms with van der Waals surface area (Å²) >= 11 is 3.25. The van der Waals surface area contributed by atoms with E-state index in [4.69, 9.17) is 10.5 Å². The lowest BCUT2D eigenvalue weighted by atomic mass is 10.1. The van der Waals surface area contributed by atoms with E-state index in [2.05, 4.69) is 15.9 Å². The third-order valence-corrected chi connectivity index (χ3v) is 2.48. The maximum absolute atomic E-state index is 9.62. The predicted molar refractivity (Wildman–Crippen MR) is 59.6 cm³/mol. The van der Waals surface area contributed by atoms with Crippen LogP contribution in [0.2, 0.25) is 0 Å². The van der Waals surface area contributed by atoms with Crippen LogP contribution < -0.4 is 10.5 Å². The summed E-state index contributed by atoms with van der Waals surface area (Å²) in [5, 5.41) is 9.62. The van der Waals surface area contributed by atoms with Crippen LogP contribution >= 0.6 is 15.9 Å². The zero-order valence-corrected chi connectivity index (χ0v) is 9.84. The minimum absolute atomic E-state index is 0.0777. The van der Waals surface area contributed by atoms with Crippen molar-refractivity contribution in [2.45, 2.75) is 19.9 Å². The third-order valence-electron chi connectivity index (χ3n) is 1.88. The SMILES string of the molecule is CCOc1cc([C@H](C)N)cc(Br)c1O. The molecule has 0 spiro atoms. The summed E-state index contributed by atoms with van der Waals surface area (Å²) in [5.74, 6) is 0.588. The monoisotopic (exact) mass is 259 g/mol. The number of rotatable bonds is 3. The average Bonchev–Trinajstić information content (AvgIpc) is 2.12. The molecular weight excluding hydrogens is 246 g/mol. The Morgan fingerprint density at radius 1 is 1.57 bits per heavy atom. The van der Waals surface area contributed by atoms with Crippen LogP contribution in [0.15, 0.2) is 16.6 Å². The van der Waals surface area contributed by atoms with Crippen LogP contribution in [-0.2, 0) is 0 Å². The molecule has 1 aromatic carbocycles. The summed E-state index contributed by atoms with van der Waals surface area (Å²) in [5.41, 5.74) is 6.67. The average molecular weight is 260 g/mol. The van der Waals surface area contributed by atoms with Gasteiger partial charge in [0.15, 0.2) is 11.5 Å². The van der Waals surface area contributed by atoms with E-state index in [9.17, 15) is 5.11 Å². The van der Waals surface area contributed by atoms with Crippen molar-refractivity contribution < 1.29 is 9.84 Å². The molecule has 4 heteroatoms. The Hall–Kier alpha value is -0.740. The fourth-order valence-corrected chi connectivity index (χ4v) is 1.58. The van der Waals surface area contributed by atoms with Crippen molar-refractivity contribution in [2.75, 3.05) is 6.61 Å². The van der Waals surface area contributed by atoms with E-state index in [1.807, 2.05) is 13.8 Å². The van der Waals surface area contributed by atoms with Crippen LogP contribution in [0.4, 0.5) is 0 Å². The normalized spacial score (nSPS) is 12.6. The lowest BCUT2D eigenvalue weighted by Crippen LogP contribution is -2.05. The molecule has 0 saturated carbocycles. The number of aromatic hydroxyl groups is 1. The van der Waals surface area contributed by atoms with Gasteiger partial charge in [0.1, 0.15) is 0 Å². The molecule has 78 valence electrons. The highest BCUT2D eigenvalue weighted by Crippen LogP contribution is 2.36. The Balaban J connectivity index is 3.14. The molecular formula is C10H14BrNO2. The Kier molecular flexibility index (Phi) is 3.77. The van der Waals surface area contributed by atoms with E-state index < -0.39 is 0 Å². The van der Waals surface area contributed by atoms with Crippen LogP contribution in [0, 0.1) is 0 Å². The van der Waals surface area contributed by atoms with Gasteiger partial charge < -0.3 is 15.6 Å². The number of phenols is 1. The second-order valence-corrected chi connectivity index (χ2v) is 3.93. The summed E-state index contributed by atoms with van der Waals surface area (Å²) in [6, 6.07) is 3.47. The zero-order chi connectivity index (χ0) is 10.7. The summed E-state index contributed by atoms with van der Waals surface area (Å²) in [6.07, 6.45) is 0. The van der Waals surface area contributed by atoms with Gasteiger partial charge >= 0.3 is 0 Å². The van der Waals surface area contributed by atoms with Crippen molar-refractivity contribution in [3.8, 4) is 11.5 Å². The van der Waals surface area contributed by atoms with Crippen molar-refractivity contribution in [2.24, 2.45) is 5.73 Å². The standard InChI is InChI=1S/C10H14BrNO2/c1-3-14-9-5-7(6(2)12)4-8(11)10(9)13/h4-6,13H,3,12H2,1-2H3/t6-/m0/s1. The molecule has 1 atom stereocenters. The molecule has 0 aliphatic heterocycles. The maximum atomic E-state index is 9.62. The van der Waals surface area contributed by atoms with Gasteiger partial charge in [-0.05, 0) is 47.5 Å². The van der Waals surface area contributed by atoms with E-state index in [1.54, 1.807) is 12.1 Å². The number of halogens is 1. The highest BCUT2D eigenvalue weighted by atomic mass is 79.9. The summed E-state index contributed by atoms with van der Waals surface area (Å²) < 4.78 is 5.88. The number of hydrogen-bond acceptors (Lipinski definition) is 3. The van der Waals surface area contributed by atoms with Gasteiger partial charge in [-0.3, -0.25) is 0 Å². The van der Waals surface area contributed by atoms with Crippen molar-refractivity contribution >= 4 is 15.9 Å². The Morgan fingerprint density at radius 2 is 2.21 bits per heavy atom. The van der Waals surface area contributed by atoms with Crippen molar-refractivity contribution in [1.29, 1.82) is 0 Å². The molecule has 0 amide bonds. The van der Waals surface area contributed by atoms with Gasteiger partial charge in [-0.25, -0.2) is 0 Å². The molecule has 14 heavy (non-hydrogen) atoms. The van der Waals surface area contributed by atoms with E-state index in [-0.39, 0.29) is 11.8 Å². The molecule has 0 unspecified atom stereocenters. The number of ether oxygens (including phenoxy) is 1. The summed E-state index contributed by atoms with van der Waals surface area (Å²) in [7, 11) is 0. The predicted octanol–water partition coefficient (Wildman–Crippen LogP) is 2.57. The van der Waals surface area contributed by atoms with E-state index in [0.29, 0.717) is 16.8 Å². The molecule has 0 aromatic heterocycles. The van der Waals surface area contributed by atoms with Crippen molar-refractivity contribution in [1.82, 2.24) is 0 Å². The summed E-state index contributed by atoms with van der Waals surface area (Å²) in [6.45, 7) is 4.27. The molecule has 0 radical (unpaired) electrons. The van der Waals surface area contributed by atoms with Crippen LogP contribution in [0.5, 0.6) is 11.5 Å². The lowest BCUT2D eigenvalue weighted by molar-refractivity contribution is 0.316. The van der Waals surface area contributed by atoms with E-state index >= 15 is 0 Å². The molecule has 0 aliphatic carbocycles. The Bertz CT molecular complexity index is 326. The smallest absolute Gasteiger partial charge is 0.172 e. The third kappa shape index (κ3) is 2.39. The highest BCUT2D eigenvalue weighted by molar-refractivity contribution is 9.10. The molecule has 1 aromatic rings. The minimum atomic E-state index is -0.0777. The molecule has 0 aliphatic rings. The van der Waals surface area contributed by atoms with Gasteiger partial charge in [0.25, 0.3) is 0 Å². The fourth-order valence-electron chi connectivity index (χ4n) is 1.12. The molecule has 0 heterocycles. The first kappa shape index (κ1) is 11.3. The fraction of sp³-hybridized carbons (Fsp3) is 0.400. The topological polar surface area (TPSA) is 55.5 Å². The highest BCUT2D eigenvalue weighted by Gasteiger charge is 2.10. The number of hydrogen-bond donors (Lipinski definition) is 2. The van der Waals surface area contributed by atoms with Gasteiger partial charge in [0.2, 0.25) is 0 Å². The first-order valence-electron chi connectivity index (χ1n) is 4.47. The zero-order valence-electron chi connectivity index (χ0n) is 8.25. The van der Waals surface area contributed by atoms with Gasteiger partial charge in [-0.15, -0.1) is 0 Å². The van der Waals surface area contributed by atoms with Crippen LogP contribution in [0.25, 0.3) is 0 Å². The minimum Gasteiger partial charge on any atom is -0.503 e. The Morgan fingerprint density at radius 3 is 2.71 bits per heavy atom. The quantitative estimate of drug-likeness (QED) is 0.878. The van der Waals surface area contributed by atoms with E-state index in [1.165, 1.54) is 0 Å². The Labute approximate surface area is 92.0 Å². The van der Waals surface area contributed by atoms with Crippen molar-refractivity contribution in [3.63, 3.8) is 0 Å². The van der Waals surface area contributed by atoms with Gasteiger partial charge in [0.05, 0.1) is 11.1 Å². The number of phenolic OH excluding ortho intramolecular Hbond substituents is 1. The molecule has 0 saturated heterocycles.